The third kappa shape index (κ3) is 4.01. The summed E-state index contributed by atoms with van der Waals surface area (Å²) in [5, 5.41) is 13.9. The Balaban J connectivity index is 1.77. The Labute approximate surface area is 113 Å². The van der Waals surface area contributed by atoms with E-state index in [0.29, 0.717) is 6.04 Å². The Hall–Kier alpha value is -1.46. The van der Waals surface area contributed by atoms with Crippen LogP contribution >= 0.6 is 0 Å². The van der Waals surface area contributed by atoms with Crippen LogP contribution in [0.25, 0.3) is 0 Å². The molecule has 1 N–H and O–H groups in total. The van der Waals surface area contributed by atoms with E-state index in [4.69, 9.17) is 0 Å². The van der Waals surface area contributed by atoms with E-state index in [1.54, 1.807) is 12.1 Å². The average molecular weight is 263 g/mol. The molecule has 0 aliphatic carbocycles. The summed E-state index contributed by atoms with van der Waals surface area (Å²) < 4.78 is 0. The topological polar surface area (TPSA) is 58.4 Å². The highest BCUT2D eigenvalue weighted by Gasteiger charge is 2.16. The van der Waals surface area contributed by atoms with E-state index in [0.717, 1.165) is 39.0 Å². The van der Waals surface area contributed by atoms with Crippen LogP contribution in [0.15, 0.2) is 24.3 Å². The van der Waals surface area contributed by atoms with E-state index in [1.165, 1.54) is 5.56 Å². The van der Waals surface area contributed by atoms with Crippen molar-refractivity contribution in [2.75, 3.05) is 26.2 Å². The highest BCUT2D eigenvalue weighted by molar-refractivity contribution is 5.32. The van der Waals surface area contributed by atoms with E-state index in [2.05, 4.69) is 17.1 Å². The maximum Gasteiger partial charge on any atom is 0.269 e. The third-order valence-electron chi connectivity index (χ3n) is 3.70. The number of aryl methyl sites for hydroxylation is 1. The quantitative estimate of drug-likeness (QED) is 0.650. The summed E-state index contributed by atoms with van der Waals surface area (Å²) in [5.74, 6) is 0. The lowest BCUT2D eigenvalue weighted by molar-refractivity contribution is -0.384. The normalized spacial score (nSPS) is 20.4. The molecule has 0 spiro atoms. The average Bonchev–Trinajstić information content (AvgIpc) is 2.41. The third-order valence-corrected chi connectivity index (χ3v) is 3.70. The Kier molecular flexibility index (Phi) is 4.87. The van der Waals surface area contributed by atoms with Crippen molar-refractivity contribution in [3.63, 3.8) is 0 Å². The molecule has 0 aromatic heterocycles. The standard InChI is InChI=1S/C14H21N3O2/c1-12-11-15-8-10-16(12)9-2-3-13-4-6-14(7-5-13)17(18)19/h4-7,12,15H,2-3,8-11H2,1H3/t12-/m1/s1. The van der Waals surface area contributed by atoms with Crippen LogP contribution in [0.5, 0.6) is 0 Å². The molecule has 1 saturated heterocycles. The van der Waals surface area contributed by atoms with Crippen LogP contribution in [0, 0.1) is 10.1 Å². The van der Waals surface area contributed by atoms with Crippen LogP contribution in [0.2, 0.25) is 0 Å². The number of benzene rings is 1. The van der Waals surface area contributed by atoms with Crippen LogP contribution < -0.4 is 5.32 Å². The van der Waals surface area contributed by atoms with Gasteiger partial charge in [-0.1, -0.05) is 12.1 Å². The van der Waals surface area contributed by atoms with Crippen molar-refractivity contribution >= 4 is 5.69 Å². The molecule has 1 aliphatic heterocycles. The second-order valence-corrected chi connectivity index (χ2v) is 5.12. The molecule has 2 rings (SSSR count). The zero-order chi connectivity index (χ0) is 13.7. The van der Waals surface area contributed by atoms with Gasteiger partial charge in [-0.3, -0.25) is 15.0 Å². The summed E-state index contributed by atoms with van der Waals surface area (Å²) in [4.78, 5) is 12.7. The first kappa shape index (κ1) is 14.0. The first-order valence-corrected chi connectivity index (χ1v) is 6.85. The fraction of sp³-hybridized carbons (Fsp3) is 0.571. The lowest BCUT2D eigenvalue weighted by Gasteiger charge is -2.33. The molecular weight excluding hydrogens is 242 g/mol. The van der Waals surface area contributed by atoms with Crippen LogP contribution in [-0.4, -0.2) is 42.0 Å². The van der Waals surface area contributed by atoms with Gasteiger partial charge in [0.25, 0.3) is 5.69 Å². The molecule has 104 valence electrons. The van der Waals surface area contributed by atoms with E-state index < -0.39 is 0 Å². The van der Waals surface area contributed by atoms with Gasteiger partial charge in [-0.2, -0.15) is 0 Å². The number of nitrogens with one attached hydrogen (secondary N) is 1. The number of hydrogen-bond donors (Lipinski definition) is 1. The first-order chi connectivity index (χ1) is 9.16. The molecule has 0 unspecified atom stereocenters. The van der Waals surface area contributed by atoms with Gasteiger partial charge in [0.2, 0.25) is 0 Å². The molecule has 19 heavy (non-hydrogen) atoms. The fourth-order valence-electron chi connectivity index (χ4n) is 2.49. The number of hydrogen-bond acceptors (Lipinski definition) is 4. The van der Waals surface area contributed by atoms with Crippen molar-refractivity contribution in [1.82, 2.24) is 10.2 Å². The van der Waals surface area contributed by atoms with Gasteiger partial charge in [-0.25, -0.2) is 0 Å². The van der Waals surface area contributed by atoms with Gasteiger partial charge < -0.3 is 5.32 Å². The number of piperazine rings is 1. The molecule has 0 saturated carbocycles. The highest BCUT2D eigenvalue weighted by atomic mass is 16.6. The number of nitro benzene ring substituents is 1. The van der Waals surface area contributed by atoms with E-state index in [1.807, 2.05) is 12.1 Å². The molecule has 0 radical (unpaired) electrons. The lowest BCUT2D eigenvalue weighted by atomic mass is 10.1. The molecule has 1 aromatic rings. The minimum atomic E-state index is -0.355. The predicted octanol–water partition coefficient (Wildman–Crippen LogP) is 1.82. The molecule has 5 heteroatoms. The minimum Gasteiger partial charge on any atom is -0.314 e. The molecule has 0 amide bonds. The minimum absolute atomic E-state index is 0.166. The predicted molar refractivity (Wildman–Crippen MR) is 75.3 cm³/mol. The molecule has 0 bridgehead atoms. The van der Waals surface area contributed by atoms with Crippen molar-refractivity contribution < 1.29 is 4.92 Å². The van der Waals surface area contributed by atoms with Crippen molar-refractivity contribution in [2.24, 2.45) is 0 Å². The highest BCUT2D eigenvalue weighted by Crippen LogP contribution is 2.13. The zero-order valence-electron chi connectivity index (χ0n) is 11.3. The number of nitro groups is 1. The largest absolute Gasteiger partial charge is 0.314 e. The summed E-state index contributed by atoms with van der Waals surface area (Å²) in [6.07, 6.45) is 2.08. The Morgan fingerprint density at radius 3 is 2.79 bits per heavy atom. The molecule has 1 aromatic carbocycles. The monoisotopic (exact) mass is 263 g/mol. The van der Waals surface area contributed by atoms with Crippen LogP contribution in [-0.2, 0) is 6.42 Å². The zero-order valence-corrected chi connectivity index (χ0v) is 11.3. The van der Waals surface area contributed by atoms with Crippen molar-refractivity contribution in [2.45, 2.75) is 25.8 Å². The maximum atomic E-state index is 10.6. The van der Waals surface area contributed by atoms with Crippen molar-refractivity contribution in [1.29, 1.82) is 0 Å². The fourth-order valence-corrected chi connectivity index (χ4v) is 2.49. The molecule has 1 aliphatic rings. The van der Waals surface area contributed by atoms with Crippen molar-refractivity contribution in [3.8, 4) is 0 Å². The Morgan fingerprint density at radius 2 is 2.16 bits per heavy atom. The summed E-state index contributed by atoms with van der Waals surface area (Å²) in [6.45, 7) is 6.60. The maximum absolute atomic E-state index is 10.6. The second kappa shape index (κ2) is 6.63. The molecule has 1 atom stereocenters. The van der Waals surface area contributed by atoms with Gasteiger partial charge in [-0.15, -0.1) is 0 Å². The summed E-state index contributed by atoms with van der Waals surface area (Å²) in [7, 11) is 0. The Morgan fingerprint density at radius 1 is 1.42 bits per heavy atom. The van der Waals surface area contributed by atoms with E-state index >= 15 is 0 Å². The molecule has 1 heterocycles. The SMILES string of the molecule is C[C@@H]1CNCCN1CCCc1ccc([N+](=O)[O-])cc1. The van der Waals surface area contributed by atoms with Gasteiger partial charge >= 0.3 is 0 Å². The van der Waals surface area contributed by atoms with Gasteiger partial charge in [-0.05, 0) is 31.9 Å². The van der Waals surface area contributed by atoms with Gasteiger partial charge in [0, 0.05) is 37.8 Å². The number of rotatable bonds is 5. The van der Waals surface area contributed by atoms with Gasteiger partial charge in [0.1, 0.15) is 0 Å². The van der Waals surface area contributed by atoms with Gasteiger partial charge in [0.15, 0.2) is 0 Å². The van der Waals surface area contributed by atoms with Crippen LogP contribution in [0.3, 0.4) is 0 Å². The number of nitrogens with zero attached hydrogens (tertiary/aromatic N) is 2. The summed E-state index contributed by atoms with van der Waals surface area (Å²) in [6, 6.07) is 7.50. The molecule has 5 nitrogen and oxygen atoms in total. The van der Waals surface area contributed by atoms with Crippen LogP contribution in [0.1, 0.15) is 18.9 Å². The van der Waals surface area contributed by atoms with Crippen molar-refractivity contribution in [3.05, 3.63) is 39.9 Å². The molecular formula is C14H21N3O2. The van der Waals surface area contributed by atoms with Crippen LogP contribution in [0.4, 0.5) is 5.69 Å². The lowest BCUT2D eigenvalue weighted by Crippen LogP contribution is -2.49. The summed E-state index contributed by atoms with van der Waals surface area (Å²) >= 11 is 0. The smallest absolute Gasteiger partial charge is 0.269 e. The first-order valence-electron chi connectivity index (χ1n) is 6.85. The molecule has 1 fully saturated rings. The Bertz CT molecular complexity index is 419. The summed E-state index contributed by atoms with van der Waals surface area (Å²) in [5.41, 5.74) is 1.34. The number of non-ortho nitro benzene ring substituents is 1. The van der Waals surface area contributed by atoms with E-state index in [-0.39, 0.29) is 10.6 Å². The second-order valence-electron chi connectivity index (χ2n) is 5.12. The van der Waals surface area contributed by atoms with Gasteiger partial charge in [0.05, 0.1) is 4.92 Å². The van der Waals surface area contributed by atoms with E-state index in [9.17, 15) is 10.1 Å².